The Hall–Kier alpha value is -2.24. The number of pyridine rings is 1. The highest BCUT2D eigenvalue weighted by molar-refractivity contribution is 5.90. The first kappa shape index (κ1) is 13.7. The Morgan fingerprint density at radius 2 is 1.86 bits per heavy atom. The molecule has 108 valence electrons. The molecule has 3 rings (SSSR count). The number of rotatable bonds is 3. The predicted octanol–water partition coefficient (Wildman–Crippen LogP) is 2.58. The molecule has 0 bridgehead atoms. The number of carbonyl (C=O) groups excluding carboxylic acids is 1. The average molecular weight is 285 g/mol. The fourth-order valence-electron chi connectivity index (χ4n) is 2.21. The number of ether oxygens (including phenoxy) is 3. The van der Waals surface area contributed by atoms with Crippen molar-refractivity contribution in [3.05, 3.63) is 53.9 Å². The molecule has 1 saturated heterocycles. The molecule has 2 aromatic rings. The molecule has 21 heavy (non-hydrogen) atoms. The first-order valence-corrected chi connectivity index (χ1v) is 6.65. The second kappa shape index (κ2) is 6.03. The maximum atomic E-state index is 11.5. The van der Waals surface area contributed by atoms with Gasteiger partial charge in [0.1, 0.15) is 0 Å². The highest BCUT2D eigenvalue weighted by Gasteiger charge is 2.18. The van der Waals surface area contributed by atoms with Gasteiger partial charge in [0.2, 0.25) is 0 Å². The van der Waals surface area contributed by atoms with Crippen molar-refractivity contribution in [2.45, 2.75) is 6.29 Å². The van der Waals surface area contributed by atoms with Crippen LogP contribution >= 0.6 is 0 Å². The Morgan fingerprint density at radius 3 is 2.52 bits per heavy atom. The van der Waals surface area contributed by atoms with E-state index in [1.54, 1.807) is 12.3 Å². The van der Waals surface area contributed by atoms with Gasteiger partial charge in [-0.15, -0.1) is 0 Å². The van der Waals surface area contributed by atoms with Gasteiger partial charge in [-0.3, -0.25) is 4.98 Å². The zero-order chi connectivity index (χ0) is 14.7. The topological polar surface area (TPSA) is 57.7 Å². The molecule has 0 N–H and O–H groups in total. The van der Waals surface area contributed by atoms with Gasteiger partial charge in [-0.05, 0) is 11.6 Å². The van der Waals surface area contributed by atoms with Gasteiger partial charge in [0.05, 0.1) is 25.9 Å². The quantitative estimate of drug-likeness (QED) is 0.811. The molecule has 1 aliphatic heterocycles. The van der Waals surface area contributed by atoms with Crippen LogP contribution in [0.1, 0.15) is 22.2 Å². The van der Waals surface area contributed by atoms with Crippen molar-refractivity contribution in [3.8, 4) is 11.1 Å². The van der Waals surface area contributed by atoms with Crippen LogP contribution in [0.25, 0.3) is 11.1 Å². The van der Waals surface area contributed by atoms with Gasteiger partial charge in [-0.2, -0.15) is 0 Å². The third-order valence-electron chi connectivity index (χ3n) is 3.30. The van der Waals surface area contributed by atoms with E-state index in [4.69, 9.17) is 14.2 Å². The fourth-order valence-corrected chi connectivity index (χ4v) is 2.21. The summed E-state index contributed by atoms with van der Waals surface area (Å²) in [6, 6.07) is 9.58. The minimum absolute atomic E-state index is 0.279. The van der Waals surface area contributed by atoms with Crippen molar-refractivity contribution >= 4 is 5.97 Å². The first-order valence-electron chi connectivity index (χ1n) is 6.65. The van der Waals surface area contributed by atoms with E-state index in [1.807, 2.05) is 24.3 Å². The molecule has 1 aromatic carbocycles. The number of benzene rings is 1. The molecule has 1 aliphatic rings. The summed E-state index contributed by atoms with van der Waals surface area (Å²) in [6.07, 6.45) is 2.92. The molecular weight excluding hydrogens is 270 g/mol. The van der Waals surface area contributed by atoms with E-state index in [2.05, 4.69) is 4.98 Å². The van der Waals surface area contributed by atoms with Gasteiger partial charge in [-0.25, -0.2) is 4.79 Å². The molecule has 1 fully saturated rings. The summed E-state index contributed by atoms with van der Waals surface area (Å²) in [4.78, 5) is 15.6. The van der Waals surface area contributed by atoms with Crippen LogP contribution in [-0.2, 0) is 14.2 Å². The van der Waals surface area contributed by atoms with Crippen LogP contribution in [0.2, 0.25) is 0 Å². The highest BCUT2D eigenvalue weighted by Crippen LogP contribution is 2.26. The summed E-state index contributed by atoms with van der Waals surface area (Å²) < 4.78 is 15.6. The van der Waals surface area contributed by atoms with E-state index < -0.39 is 5.97 Å². The predicted molar refractivity (Wildman–Crippen MR) is 75.7 cm³/mol. The lowest BCUT2D eigenvalue weighted by Gasteiger charge is -2.10. The van der Waals surface area contributed by atoms with Crippen molar-refractivity contribution in [1.82, 2.24) is 4.98 Å². The third kappa shape index (κ3) is 2.94. The van der Waals surface area contributed by atoms with Gasteiger partial charge in [0.25, 0.3) is 0 Å². The lowest BCUT2D eigenvalue weighted by atomic mass is 10.0. The Bertz CT molecular complexity index is 633. The Balaban J connectivity index is 1.85. The molecule has 0 aliphatic carbocycles. The largest absolute Gasteiger partial charge is 0.465 e. The zero-order valence-electron chi connectivity index (χ0n) is 11.6. The zero-order valence-corrected chi connectivity index (χ0v) is 11.6. The van der Waals surface area contributed by atoms with E-state index in [0.717, 1.165) is 16.7 Å². The average Bonchev–Trinajstić information content (AvgIpc) is 3.09. The van der Waals surface area contributed by atoms with E-state index in [-0.39, 0.29) is 6.29 Å². The van der Waals surface area contributed by atoms with Crippen molar-refractivity contribution < 1.29 is 19.0 Å². The second-order valence-corrected chi connectivity index (χ2v) is 4.65. The minimum Gasteiger partial charge on any atom is -0.465 e. The monoisotopic (exact) mass is 285 g/mol. The number of hydrogen-bond acceptors (Lipinski definition) is 5. The maximum Gasteiger partial charge on any atom is 0.339 e. The van der Waals surface area contributed by atoms with Gasteiger partial charge in [0, 0.05) is 23.5 Å². The first-order chi connectivity index (χ1) is 10.3. The van der Waals surface area contributed by atoms with E-state index >= 15 is 0 Å². The van der Waals surface area contributed by atoms with Gasteiger partial charge in [-0.1, -0.05) is 24.3 Å². The maximum absolute atomic E-state index is 11.5. The van der Waals surface area contributed by atoms with Crippen molar-refractivity contribution in [2.24, 2.45) is 0 Å². The van der Waals surface area contributed by atoms with Gasteiger partial charge < -0.3 is 14.2 Å². The van der Waals surface area contributed by atoms with Gasteiger partial charge in [0.15, 0.2) is 6.29 Å². The van der Waals surface area contributed by atoms with Crippen LogP contribution in [0, 0.1) is 0 Å². The number of hydrogen-bond donors (Lipinski definition) is 0. The summed E-state index contributed by atoms with van der Waals surface area (Å²) in [6.45, 7) is 1.25. The van der Waals surface area contributed by atoms with Crippen LogP contribution < -0.4 is 0 Å². The van der Waals surface area contributed by atoms with Crippen molar-refractivity contribution in [2.75, 3.05) is 20.3 Å². The molecular formula is C16H15NO4. The SMILES string of the molecule is COC(=O)c1cncc(-c2ccc(C3OCCO3)cc2)c1. The van der Waals surface area contributed by atoms with Gasteiger partial charge >= 0.3 is 5.97 Å². The molecule has 0 saturated carbocycles. The van der Waals surface area contributed by atoms with Crippen molar-refractivity contribution in [3.63, 3.8) is 0 Å². The fraction of sp³-hybridized carbons (Fsp3) is 0.250. The summed E-state index contributed by atoms with van der Waals surface area (Å²) in [5.41, 5.74) is 3.24. The Kier molecular flexibility index (Phi) is 3.94. The molecule has 0 amide bonds. The normalized spacial score (nSPS) is 15.1. The van der Waals surface area contributed by atoms with Crippen molar-refractivity contribution in [1.29, 1.82) is 0 Å². The molecule has 0 unspecified atom stereocenters. The molecule has 0 spiro atoms. The van der Waals surface area contributed by atoms with Crippen LogP contribution in [0.3, 0.4) is 0 Å². The molecule has 5 heteroatoms. The highest BCUT2D eigenvalue weighted by atomic mass is 16.7. The number of aromatic nitrogens is 1. The Labute approximate surface area is 122 Å². The molecule has 1 aromatic heterocycles. The van der Waals surface area contributed by atoms with E-state index in [1.165, 1.54) is 13.3 Å². The number of carbonyl (C=O) groups is 1. The number of nitrogens with zero attached hydrogens (tertiary/aromatic N) is 1. The summed E-state index contributed by atoms with van der Waals surface area (Å²) in [5.74, 6) is -0.395. The summed E-state index contributed by atoms with van der Waals surface area (Å²) in [7, 11) is 1.35. The standard InChI is InChI=1S/C16H15NO4/c1-19-15(18)14-8-13(9-17-10-14)11-2-4-12(5-3-11)16-20-6-7-21-16/h2-5,8-10,16H,6-7H2,1H3. The molecule has 5 nitrogen and oxygen atoms in total. The van der Waals surface area contributed by atoms with Crippen LogP contribution in [0.5, 0.6) is 0 Å². The third-order valence-corrected chi connectivity index (χ3v) is 3.30. The number of methoxy groups -OCH3 is 1. The summed E-state index contributed by atoms with van der Waals surface area (Å²) >= 11 is 0. The lowest BCUT2D eigenvalue weighted by molar-refractivity contribution is -0.0441. The molecule has 0 atom stereocenters. The second-order valence-electron chi connectivity index (χ2n) is 4.65. The van der Waals surface area contributed by atoms with E-state index in [0.29, 0.717) is 18.8 Å². The van der Waals surface area contributed by atoms with E-state index in [9.17, 15) is 4.79 Å². The number of esters is 1. The molecule has 0 radical (unpaired) electrons. The Morgan fingerprint density at radius 1 is 1.14 bits per heavy atom. The minimum atomic E-state index is -0.395. The van der Waals surface area contributed by atoms with Crippen LogP contribution in [-0.4, -0.2) is 31.3 Å². The summed E-state index contributed by atoms with van der Waals surface area (Å²) in [5, 5.41) is 0. The van der Waals surface area contributed by atoms with Crippen LogP contribution in [0.4, 0.5) is 0 Å². The smallest absolute Gasteiger partial charge is 0.339 e. The van der Waals surface area contributed by atoms with Crippen LogP contribution in [0.15, 0.2) is 42.7 Å². The lowest BCUT2D eigenvalue weighted by Crippen LogP contribution is -2.02. The molecule has 2 heterocycles.